The maximum atomic E-state index is 4.50. The summed E-state index contributed by atoms with van der Waals surface area (Å²) in [5, 5.41) is 8.04. The van der Waals surface area contributed by atoms with Gasteiger partial charge in [0.2, 0.25) is 0 Å². The molecule has 0 aliphatic carbocycles. The van der Waals surface area contributed by atoms with Crippen molar-refractivity contribution < 1.29 is 0 Å². The minimum absolute atomic E-state index is 0.462. The normalized spacial score (nSPS) is 19.2. The van der Waals surface area contributed by atoms with Crippen LogP contribution in [0.5, 0.6) is 0 Å². The Labute approximate surface area is 113 Å². The van der Waals surface area contributed by atoms with Crippen LogP contribution in [0.4, 0.5) is 0 Å². The maximum absolute atomic E-state index is 4.50. The highest BCUT2D eigenvalue weighted by atomic mass is 15.3. The van der Waals surface area contributed by atoms with Crippen LogP contribution in [0.25, 0.3) is 0 Å². The summed E-state index contributed by atoms with van der Waals surface area (Å²) >= 11 is 0. The largest absolute Gasteiger partial charge is 0.329 e. The standard InChI is InChI=1S/C14H21N5/c1-3-12-11(8-18(2)17-12)9-19-10-15-7-14(19)13-5-4-6-16-13/h7-8,10,13,16H,3-6,9H2,1-2H3. The SMILES string of the molecule is CCc1nn(C)cc1Cn1cncc1C1CCCN1. The molecule has 3 rings (SSSR count). The zero-order valence-corrected chi connectivity index (χ0v) is 11.6. The predicted octanol–water partition coefficient (Wildman–Crippen LogP) is 1.65. The van der Waals surface area contributed by atoms with E-state index in [1.807, 2.05) is 24.3 Å². The Balaban J connectivity index is 1.84. The number of nitrogens with zero attached hydrogens (tertiary/aromatic N) is 4. The quantitative estimate of drug-likeness (QED) is 0.908. The Morgan fingerprint density at radius 3 is 3.11 bits per heavy atom. The van der Waals surface area contributed by atoms with E-state index in [0.29, 0.717) is 6.04 Å². The van der Waals surface area contributed by atoms with Crippen molar-refractivity contribution in [3.8, 4) is 0 Å². The molecule has 2 aromatic heterocycles. The summed E-state index contributed by atoms with van der Waals surface area (Å²) in [6.07, 6.45) is 9.47. The van der Waals surface area contributed by atoms with Crippen molar-refractivity contribution in [2.45, 2.75) is 38.8 Å². The van der Waals surface area contributed by atoms with Crippen LogP contribution in [-0.4, -0.2) is 25.9 Å². The van der Waals surface area contributed by atoms with E-state index in [4.69, 9.17) is 0 Å². The number of hydrogen-bond acceptors (Lipinski definition) is 3. The molecule has 0 spiro atoms. The number of nitrogens with one attached hydrogen (secondary N) is 1. The fourth-order valence-electron chi connectivity index (χ4n) is 2.89. The lowest BCUT2D eigenvalue weighted by molar-refractivity contribution is 0.583. The smallest absolute Gasteiger partial charge is 0.0951 e. The van der Waals surface area contributed by atoms with Crippen LogP contribution in [0.3, 0.4) is 0 Å². The van der Waals surface area contributed by atoms with Gasteiger partial charge >= 0.3 is 0 Å². The van der Waals surface area contributed by atoms with Crippen molar-refractivity contribution in [1.29, 1.82) is 0 Å². The Hall–Kier alpha value is -1.62. The van der Waals surface area contributed by atoms with E-state index in [-0.39, 0.29) is 0 Å². The second-order valence-corrected chi connectivity index (χ2v) is 5.22. The third kappa shape index (κ3) is 2.42. The van der Waals surface area contributed by atoms with Crippen molar-refractivity contribution >= 4 is 0 Å². The summed E-state index contributed by atoms with van der Waals surface area (Å²) in [5.74, 6) is 0. The molecule has 1 aliphatic heterocycles. The molecule has 102 valence electrons. The van der Waals surface area contributed by atoms with E-state index in [1.54, 1.807) is 0 Å². The van der Waals surface area contributed by atoms with Crippen LogP contribution < -0.4 is 5.32 Å². The minimum atomic E-state index is 0.462. The summed E-state index contributed by atoms with van der Waals surface area (Å²) in [6, 6.07) is 0.462. The number of rotatable bonds is 4. The van der Waals surface area contributed by atoms with Gasteiger partial charge in [-0.2, -0.15) is 5.10 Å². The van der Waals surface area contributed by atoms with E-state index in [2.05, 4.69) is 33.1 Å². The molecular weight excluding hydrogens is 238 g/mol. The van der Waals surface area contributed by atoms with Gasteiger partial charge in [0.05, 0.1) is 24.3 Å². The molecule has 1 fully saturated rings. The monoisotopic (exact) mass is 259 g/mol. The molecule has 1 aliphatic rings. The molecule has 0 saturated carbocycles. The molecule has 0 aromatic carbocycles. The number of aromatic nitrogens is 4. The molecule has 2 aromatic rings. The van der Waals surface area contributed by atoms with Crippen molar-refractivity contribution in [3.63, 3.8) is 0 Å². The first-order valence-electron chi connectivity index (χ1n) is 7.02. The summed E-state index contributed by atoms with van der Waals surface area (Å²) < 4.78 is 4.15. The molecule has 5 nitrogen and oxygen atoms in total. The highest BCUT2D eigenvalue weighted by Gasteiger charge is 2.20. The van der Waals surface area contributed by atoms with Gasteiger partial charge in [-0.25, -0.2) is 4.98 Å². The van der Waals surface area contributed by atoms with Crippen LogP contribution in [0.2, 0.25) is 0 Å². The maximum Gasteiger partial charge on any atom is 0.0951 e. The summed E-state index contributed by atoms with van der Waals surface area (Å²) in [6.45, 7) is 4.13. The molecular formula is C14H21N5. The lowest BCUT2D eigenvalue weighted by Gasteiger charge is -2.13. The van der Waals surface area contributed by atoms with E-state index < -0.39 is 0 Å². The van der Waals surface area contributed by atoms with Crippen LogP contribution in [0.1, 0.15) is 42.8 Å². The van der Waals surface area contributed by atoms with Gasteiger partial charge in [0.25, 0.3) is 0 Å². The van der Waals surface area contributed by atoms with Crippen molar-refractivity contribution in [2.24, 2.45) is 7.05 Å². The fraction of sp³-hybridized carbons (Fsp3) is 0.571. The van der Waals surface area contributed by atoms with Gasteiger partial charge in [0, 0.05) is 31.0 Å². The highest BCUT2D eigenvalue weighted by molar-refractivity contribution is 5.19. The molecule has 1 unspecified atom stereocenters. The van der Waals surface area contributed by atoms with Gasteiger partial charge in [0.15, 0.2) is 0 Å². The molecule has 0 radical (unpaired) electrons. The zero-order chi connectivity index (χ0) is 13.2. The van der Waals surface area contributed by atoms with Crippen molar-refractivity contribution in [3.05, 3.63) is 35.7 Å². The summed E-state index contributed by atoms with van der Waals surface area (Å²) in [7, 11) is 1.98. The summed E-state index contributed by atoms with van der Waals surface area (Å²) in [4.78, 5) is 4.32. The van der Waals surface area contributed by atoms with E-state index >= 15 is 0 Å². The Kier molecular flexibility index (Phi) is 3.38. The molecule has 0 amide bonds. The Morgan fingerprint density at radius 2 is 2.37 bits per heavy atom. The first-order valence-corrected chi connectivity index (χ1v) is 7.02. The number of aryl methyl sites for hydroxylation is 2. The fourth-order valence-corrected chi connectivity index (χ4v) is 2.89. The van der Waals surface area contributed by atoms with E-state index in [9.17, 15) is 0 Å². The highest BCUT2D eigenvalue weighted by Crippen LogP contribution is 2.23. The molecule has 19 heavy (non-hydrogen) atoms. The lowest BCUT2D eigenvalue weighted by Crippen LogP contribution is -2.17. The Bertz CT molecular complexity index is 548. The average Bonchev–Trinajstić information content (AvgIpc) is 3.09. The molecule has 3 heterocycles. The lowest BCUT2D eigenvalue weighted by atomic mass is 10.1. The van der Waals surface area contributed by atoms with Crippen LogP contribution >= 0.6 is 0 Å². The molecule has 5 heteroatoms. The minimum Gasteiger partial charge on any atom is -0.329 e. The topological polar surface area (TPSA) is 47.7 Å². The summed E-state index contributed by atoms with van der Waals surface area (Å²) in [5.41, 5.74) is 3.77. The first-order chi connectivity index (χ1) is 9.28. The van der Waals surface area contributed by atoms with Gasteiger partial charge < -0.3 is 9.88 Å². The first kappa shape index (κ1) is 12.4. The molecule has 1 saturated heterocycles. The number of imidazole rings is 1. The second-order valence-electron chi connectivity index (χ2n) is 5.22. The van der Waals surface area contributed by atoms with Crippen molar-refractivity contribution in [1.82, 2.24) is 24.6 Å². The Morgan fingerprint density at radius 1 is 1.47 bits per heavy atom. The van der Waals surface area contributed by atoms with Gasteiger partial charge in [-0.15, -0.1) is 0 Å². The molecule has 0 bridgehead atoms. The average molecular weight is 259 g/mol. The van der Waals surface area contributed by atoms with Crippen LogP contribution in [-0.2, 0) is 20.0 Å². The predicted molar refractivity (Wildman–Crippen MR) is 73.9 cm³/mol. The third-order valence-corrected chi connectivity index (χ3v) is 3.83. The van der Waals surface area contributed by atoms with Crippen molar-refractivity contribution in [2.75, 3.05) is 6.54 Å². The third-order valence-electron chi connectivity index (χ3n) is 3.83. The van der Waals surface area contributed by atoms with Crippen LogP contribution in [0, 0.1) is 0 Å². The van der Waals surface area contributed by atoms with Gasteiger partial charge in [-0.05, 0) is 25.8 Å². The van der Waals surface area contributed by atoms with Crippen LogP contribution in [0.15, 0.2) is 18.7 Å². The molecule has 1 atom stereocenters. The number of hydrogen-bond donors (Lipinski definition) is 1. The van der Waals surface area contributed by atoms with Gasteiger partial charge in [-0.3, -0.25) is 4.68 Å². The van der Waals surface area contributed by atoms with Gasteiger partial charge in [-0.1, -0.05) is 6.92 Å². The van der Waals surface area contributed by atoms with E-state index in [0.717, 1.165) is 19.5 Å². The van der Waals surface area contributed by atoms with E-state index in [1.165, 1.54) is 29.8 Å². The zero-order valence-electron chi connectivity index (χ0n) is 11.6. The second kappa shape index (κ2) is 5.17. The molecule has 1 N–H and O–H groups in total. The van der Waals surface area contributed by atoms with Gasteiger partial charge in [0.1, 0.15) is 0 Å².